The highest BCUT2D eigenvalue weighted by Gasteiger charge is 2.30. The van der Waals surface area contributed by atoms with Crippen LogP contribution < -0.4 is 4.74 Å². The van der Waals surface area contributed by atoms with Crippen molar-refractivity contribution in [3.63, 3.8) is 0 Å². The average Bonchev–Trinajstić information content (AvgIpc) is 2.88. The van der Waals surface area contributed by atoms with E-state index in [0.717, 1.165) is 9.13 Å². The lowest BCUT2D eigenvalue weighted by Gasteiger charge is -2.09. The van der Waals surface area contributed by atoms with Crippen molar-refractivity contribution >= 4 is 68.8 Å². The van der Waals surface area contributed by atoms with Gasteiger partial charge in [-0.2, -0.15) is 0 Å². The second-order valence-electron chi connectivity index (χ2n) is 5.37. The molecule has 1 aliphatic rings. The van der Waals surface area contributed by atoms with Gasteiger partial charge in [0, 0.05) is 10.1 Å². The second kappa shape index (κ2) is 8.32. The van der Waals surface area contributed by atoms with Gasteiger partial charge in [0.05, 0.1) is 10.5 Å². The molecular weight excluding hydrogens is 481 g/mol. The van der Waals surface area contributed by atoms with Gasteiger partial charge in [-0.05, 0) is 65.4 Å². The Morgan fingerprint density at radius 3 is 2.73 bits per heavy atom. The average molecular weight is 495 g/mol. The molecule has 132 valence electrons. The van der Waals surface area contributed by atoms with Crippen molar-refractivity contribution in [2.75, 3.05) is 6.54 Å². The molecule has 2 aromatic rings. The molecule has 0 aromatic heterocycles. The summed E-state index contributed by atoms with van der Waals surface area (Å²) in [6.07, 6.45) is 1.76. The van der Waals surface area contributed by atoms with Crippen LogP contribution in [-0.2, 0) is 4.79 Å². The summed E-state index contributed by atoms with van der Waals surface area (Å²) in [5.41, 5.74) is 1.29. The van der Waals surface area contributed by atoms with E-state index in [1.165, 1.54) is 11.8 Å². The van der Waals surface area contributed by atoms with Crippen molar-refractivity contribution in [2.45, 2.75) is 6.92 Å². The molecule has 0 atom stereocenters. The number of thioether (sulfide) groups is 1. The first-order valence-corrected chi connectivity index (χ1v) is 10.1. The summed E-state index contributed by atoms with van der Waals surface area (Å²) in [7, 11) is 0. The van der Waals surface area contributed by atoms with E-state index in [9.17, 15) is 9.59 Å². The molecule has 1 fully saturated rings. The third-order valence-corrected chi connectivity index (χ3v) is 5.97. The van der Waals surface area contributed by atoms with Crippen molar-refractivity contribution < 1.29 is 14.3 Å². The fraction of sp³-hybridized carbons (Fsp3) is 0.105. The molecule has 0 radical (unpaired) electrons. The Kier molecular flexibility index (Phi) is 6.10. The molecule has 26 heavy (non-hydrogen) atoms. The summed E-state index contributed by atoms with van der Waals surface area (Å²) < 4.78 is 6.86. The normalized spacial score (nSPS) is 15.6. The Balaban J connectivity index is 1.80. The van der Waals surface area contributed by atoms with Gasteiger partial charge in [0.25, 0.3) is 5.91 Å². The largest absolute Gasteiger partial charge is 0.423 e. The van der Waals surface area contributed by atoms with E-state index >= 15 is 0 Å². The van der Waals surface area contributed by atoms with Crippen LogP contribution in [0.4, 0.5) is 0 Å². The summed E-state index contributed by atoms with van der Waals surface area (Å²) in [4.78, 5) is 26.8. The predicted octanol–water partition coefficient (Wildman–Crippen LogP) is 4.73. The minimum atomic E-state index is -0.413. The SMILES string of the molecule is CCN1C(=O)/C(=C\c2cccc(OC(=O)c3ccccc3I)c2)SC1=S. The molecule has 0 aliphatic carbocycles. The smallest absolute Gasteiger partial charge is 0.344 e. The highest BCUT2D eigenvalue weighted by Crippen LogP contribution is 2.32. The number of hydrogen-bond acceptors (Lipinski definition) is 5. The number of ether oxygens (including phenoxy) is 1. The zero-order valence-electron chi connectivity index (χ0n) is 13.8. The molecule has 7 heteroatoms. The van der Waals surface area contributed by atoms with E-state index in [4.69, 9.17) is 17.0 Å². The molecule has 0 spiro atoms. The number of esters is 1. The lowest BCUT2D eigenvalue weighted by molar-refractivity contribution is -0.121. The van der Waals surface area contributed by atoms with Crippen LogP contribution in [0.25, 0.3) is 6.08 Å². The summed E-state index contributed by atoms with van der Waals surface area (Å²) in [5.74, 6) is -0.0810. The third-order valence-electron chi connectivity index (χ3n) is 3.65. The van der Waals surface area contributed by atoms with Gasteiger partial charge in [0.1, 0.15) is 10.1 Å². The van der Waals surface area contributed by atoms with Gasteiger partial charge in [-0.15, -0.1) is 0 Å². The Labute approximate surface area is 174 Å². The van der Waals surface area contributed by atoms with Gasteiger partial charge in [0.15, 0.2) is 0 Å². The number of likely N-dealkylation sites (N-methyl/N-ethyl adjacent to an activating group) is 1. The lowest BCUT2D eigenvalue weighted by atomic mass is 10.2. The van der Waals surface area contributed by atoms with Gasteiger partial charge >= 0.3 is 5.97 Å². The molecular formula is C19H14INO3S2. The van der Waals surface area contributed by atoms with Crippen molar-refractivity contribution in [1.29, 1.82) is 0 Å². The number of nitrogens with zero attached hydrogens (tertiary/aromatic N) is 1. The number of hydrogen-bond donors (Lipinski definition) is 0. The van der Waals surface area contributed by atoms with E-state index in [1.807, 2.05) is 25.1 Å². The topological polar surface area (TPSA) is 46.6 Å². The maximum Gasteiger partial charge on any atom is 0.344 e. The van der Waals surface area contributed by atoms with Crippen LogP contribution in [0.15, 0.2) is 53.4 Å². The maximum absolute atomic E-state index is 12.3. The summed E-state index contributed by atoms with van der Waals surface area (Å²) >= 11 is 8.60. The van der Waals surface area contributed by atoms with E-state index in [0.29, 0.717) is 27.1 Å². The Morgan fingerprint density at radius 2 is 2.04 bits per heavy atom. The summed E-state index contributed by atoms with van der Waals surface area (Å²) in [6, 6.07) is 14.3. The first-order valence-electron chi connectivity index (χ1n) is 7.81. The Bertz CT molecular complexity index is 927. The number of carbonyl (C=O) groups excluding carboxylic acids is 2. The molecule has 0 bridgehead atoms. The second-order valence-corrected chi connectivity index (χ2v) is 8.21. The molecule has 3 rings (SSSR count). The fourth-order valence-electron chi connectivity index (χ4n) is 2.38. The monoisotopic (exact) mass is 495 g/mol. The molecule has 1 amide bonds. The van der Waals surface area contributed by atoms with Crippen LogP contribution in [0.5, 0.6) is 5.75 Å². The first-order chi connectivity index (χ1) is 12.5. The molecule has 1 heterocycles. The summed E-state index contributed by atoms with van der Waals surface area (Å²) in [6.45, 7) is 2.44. The van der Waals surface area contributed by atoms with Gasteiger partial charge in [-0.3, -0.25) is 9.69 Å². The molecule has 1 aliphatic heterocycles. The fourth-order valence-corrected chi connectivity index (χ4v) is 4.37. The molecule has 4 nitrogen and oxygen atoms in total. The zero-order valence-corrected chi connectivity index (χ0v) is 17.6. The minimum absolute atomic E-state index is 0.0938. The first kappa shape index (κ1) is 19.1. The van der Waals surface area contributed by atoms with Crippen LogP contribution in [-0.4, -0.2) is 27.6 Å². The van der Waals surface area contributed by atoms with Crippen LogP contribution in [0.1, 0.15) is 22.8 Å². The highest BCUT2D eigenvalue weighted by molar-refractivity contribution is 14.1. The number of carbonyl (C=O) groups is 2. The van der Waals surface area contributed by atoms with Crippen LogP contribution in [0.2, 0.25) is 0 Å². The summed E-state index contributed by atoms with van der Waals surface area (Å²) in [5, 5.41) is 0. The van der Waals surface area contributed by atoms with Crippen molar-refractivity contribution in [2.24, 2.45) is 0 Å². The van der Waals surface area contributed by atoms with E-state index in [-0.39, 0.29) is 5.91 Å². The number of halogens is 1. The van der Waals surface area contributed by atoms with Crippen molar-refractivity contribution in [1.82, 2.24) is 4.90 Å². The molecule has 0 saturated carbocycles. The van der Waals surface area contributed by atoms with Crippen molar-refractivity contribution in [3.8, 4) is 5.75 Å². The quantitative estimate of drug-likeness (QED) is 0.202. The van der Waals surface area contributed by atoms with E-state index in [1.54, 1.807) is 41.3 Å². The maximum atomic E-state index is 12.3. The number of rotatable bonds is 4. The van der Waals surface area contributed by atoms with Crippen LogP contribution in [0.3, 0.4) is 0 Å². The predicted molar refractivity (Wildman–Crippen MR) is 116 cm³/mol. The standard InChI is InChI=1S/C19H14INO3S2/c1-2-21-17(22)16(26-19(21)25)11-12-6-5-7-13(10-12)24-18(23)14-8-3-4-9-15(14)20/h3-11H,2H2,1H3/b16-11+. The Morgan fingerprint density at radius 1 is 1.27 bits per heavy atom. The van der Waals surface area contributed by atoms with Crippen LogP contribution >= 0.6 is 46.6 Å². The van der Waals surface area contributed by atoms with E-state index in [2.05, 4.69) is 22.6 Å². The van der Waals surface area contributed by atoms with Gasteiger partial charge < -0.3 is 4.74 Å². The van der Waals surface area contributed by atoms with Gasteiger partial charge in [-0.1, -0.05) is 48.2 Å². The number of benzene rings is 2. The number of amides is 1. The minimum Gasteiger partial charge on any atom is -0.423 e. The Hall–Kier alpha value is -1.71. The number of thiocarbonyl (C=S) groups is 1. The highest BCUT2D eigenvalue weighted by atomic mass is 127. The van der Waals surface area contributed by atoms with Gasteiger partial charge in [-0.25, -0.2) is 4.79 Å². The zero-order chi connectivity index (χ0) is 18.7. The molecule has 1 saturated heterocycles. The van der Waals surface area contributed by atoms with Gasteiger partial charge in [0.2, 0.25) is 0 Å². The molecule has 2 aromatic carbocycles. The van der Waals surface area contributed by atoms with E-state index < -0.39 is 5.97 Å². The molecule has 0 unspecified atom stereocenters. The van der Waals surface area contributed by atoms with Crippen molar-refractivity contribution in [3.05, 3.63) is 68.1 Å². The van der Waals surface area contributed by atoms with Crippen LogP contribution in [0, 0.1) is 3.57 Å². The molecule has 0 N–H and O–H groups in total. The third kappa shape index (κ3) is 4.16. The lowest BCUT2D eigenvalue weighted by Crippen LogP contribution is -2.27.